The summed E-state index contributed by atoms with van der Waals surface area (Å²) in [5.74, 6) is -1.03. The Morgan fingerprint density at radius 1 is 1.00 bits per heavy atom. The molecule has 226 valence electrons. The van der Waals surface area contributed by atoms with Crippen LogP contribution in [0.25, 0.3) is 10.9 Å². The van der Waals surface area contributed by atoms with Gasteiger partial charge in [-0.15, -0.1) is 0 Å². The van der Waals surface area contributed by atoms with Crippen LogP contribution in [0.1, 0.15) is 40.5 Å². The van der Waals surface area contributed by atoms with Crippen molar-refractivity contribution >= 4 is 22.8 Å². The number of esters is 2. The van der Waals surface area contributed by atoms with E-state index in [4.69, 9.17) is 23.7 Å². The van der Waals surface area contributed by atoms with E-state index in [-0.39, 0.29) is 28.9 Å². The van der Waals surface area contributed by atoms with E-state index in [2.05, 4.69) is 28.1 Å². The number of carbonyl (C=O) groups is 2. The number of ether oxygens (including phenoxy) is 5. The molecule has 0 amide bonds. The summed E-state index contributed by atoms with van der Waals surface area (Å²) in [5.41, 5.74) is 3.84. The van der Waals surface area contributed by atoms with Crippen LogP contribution >= 0.6 is 0 Å². The molecule has 2 aromatic carbocycles. The van der Waals surface area contributed by atoms with Gasteiger partial charge in [0.05, 0.1) is 46.0 Å². The number of hydrogen-bond acceptors (Lipinski definition) is 9. The number of aliphatic hydroxyl groups is 1. The van der Waals surface area contributed by atoms with Gasteiger partial charge in [0, 0.05) is 29.7 Å². The molecule has 6 atom stereocenters. The highest BCUT2D eigenvalue weighted by atomic mass is 16.6. The Hall–Kier alpha value is -3.80. The Morgan fingerprint density at radius 3 is 2.38 bits per heavy atom. The largest absolute Gasteiger partial charge is 0.493 e. The van der Waals surface area contributed by atoms with Gasteiger partial charge in [0.15, 0.2) is 11.5 Å². The number of nitrogens with zero attached hydrogens (tertiary/aromatic N) is 1. The highest BCUT2D eigenvalue weighted by Gasteiger charge is 2.53. The molecule has 2 fully saturated rings. The summed E-state index contributed by atoms with van der Waals surface area (Å²) < 4.78 is 27.2. The smallest absolute Gasteiger partial charge is 0.338 e. The fourth-order valence-corrected chi connectivity index (χ4v) is 7.32. The number of aromatic amines is 1. The van der Waals surface area contributed by atoms with Gasteiger partial charge in [-0.25, -0.2) is 4.79 Å². The van der Waals surface area contributed by atoms with E-state index in [9.17, 15) is 14.7 Å². The number of aromatic nitrogens is 1. The topological polar surface area (TPSA) is 151 Å². The second-order valence-electron chi connectivity index (χ2n) is 11.1. The predicted octanol–water partition coefficient (Wildman–Crippen LogP) is 2.68. The van der Waals surface area contributed by atoms with Gasteiger partial charge in [-0.2, -0.15) is 0 Å². The molecule has 3 aliphatic rings. The molecule has 1 saturated carbocycles. The van der Waals surface area contributed by atoms with Crippen molar-refractivity contribution in [2.24, 2.45) is 17.8 Å². The van der Waals surface area contributed by atoms with E-state index in [1.165, 1.54) is 57.2 Å². The zero-order chi connectivity index (χ0) is 28.8. The number of methoxy groups -OCH3 is 4. The maximum Gasteiger partial charge on any atom is 0.338 e. The summed E-state index contributed by atoms with van der Waals surface area (Å²) in [6.07, 6.45) is 0.00659. The van der Waals surface area contributed by atoms with Crippen LogP contribution in [0.15, 0.2) is 36.4 Å². The molecule has 4 N–H and O–H groups in total. The number of benzene rings is 2. The summed E-state index contributed by atoms with van der Waals surface area (Å²) in [7, 11) is 5.75. The Kier molecular flexibility index (Phi) is 8.36. The minimum Gasteiger partial charge on any atom is -0.493 e. The summed E-state index contributed by atoms with van der Waals surface area (Å²) >= 11 is 0. The third-order valence-electron chi connectivity index (χ3n) is 9.22. The first-order chi connectivity index (χ1) is 19.9. The first-order valence-corrected chi connectivity index (χ1v) is 14.0. The van der Waals surface area contributed by atoms with Crippen LogP contribution in [0.2, 0.25) is 0 Å². The van der Waals surface area contributed by atoms with Crippen LogP contribution in [0.4, 0.5) is 0 Å². The lowest BCUT2D eigenvalue weighted by molar-refractivity contribution is -0.172. The lowest BCUT2D eigenvalue weighted by atomic mass is 9.64. The number of hydrogen-bond donors (Lipinski definition) is 2. The minimum absolute atomic E-state index is 0. The van der Waals surface area contributed by atoms with Crippen LogP contribution in [0, 0.1) is 17.8 Å². The molecule has 1 aliphatic carbocycles. The number of piperidine rings is 1. The summed E-state index contributed by atoms with van der Waals surface area (Å²) in [4.78, 5) is 32.6. The molecule has 2 aliphatic heterocycles. The Balaban J connectivity index is 0.00000353. The van der Waals surface area contributed by atoms with Crippen LogP contribution < -0.4 is 14.2 Å². The highest BCUT2D eigenvalue weighted by Crippen LogP contribution is 2.50. The van der Waals surface area contributed by atoms with Crippen molar-refractivity contribution in [1.29, 1.82) is 0 Å². The van der Waals surface area contributed by atoms with E-state index in [0.717, 1.165) is 25.0 Å². The van der Waals surface area contributed by atoms with Gasteiger partial charge in [-0.3, -0.25) is 9.69 Å². The Labute approximate surface area is 243 Å². The van der Waals surface area contributed by atoms with E-state index in [1.807, 2.05) is 6.07 Å². The Bertz CT molecular complexity index is 1440. The first-order valence-electron chi connectivity index (χ1n) is 14.0. The highest BCUT2D eigenvalue weighted by molar-refractivity contribution is 5.91. The van der Waals surface area contributed by atoms with Gasteiger partial charge in [-0.1, -0.05) is 18.2 Å². The average molecular weight is 583 g/mol. The quantitative estimate of drug-likeness (QED) is 0.418. The first kappa shape index (κ1) is 29.7. The third-order valence-corrected chi connectivity index (χ3v) is 9.22. The molecule has 3 aromatic rings. The number of rotatable bonds is 6. The molecular weight excluding hydrogens is 544 g/mol. The third kappa shape index (κ3) is 4.85. The van der Waals surface area contributed by atoms with Crippen molar-refractivity contribution in [1.82, 2.24) is 9.88 Å². The normalized spacial score (nSPS) is 26.6. The second kappa shape index (κ2) is 11.8. The van der Waals surface area contributed by atoms with Crippen molar-refractivity contribution in [3.63, 3.8) is 0 Å². The van der Waals surface area contributed by atoms with Crippen LogP contribution in [-0.4, -0.2) is 86.1 Å². The van der Waals surface area contributed by atoms with E-state index >= 15 is 0 Å². The number of para-hydroxylation sites is 1. The fraction of sp³-hybridized carbons (Fsp3) is 0.484. The standard InChI is InChI=1S/C31H36N2O8.H2O/c1-37-24-11-16(12-25(38-2)29(24)39-3)30(35)41-23-13-17-15-33-10-9-19-18-7-5-6-8-21(18)32-27(19)22(33)14-20(17)26(28(23)34)31(36)40-4;/h5-8,11-12,17,20,22-23,26,28,32,34H,9-10,13-15H2,1-4H3;1H2/t17-,20+,22-,23-,26+,28+;/m1./s1. The number of H-pyrrole nitrogens is 1. The summed E-state index contributed by atoms with van der Waals surface area (Å²) in [6.45, 7) is 1.65. The van der Waals surface area contributed by atoms with Gasteiger partial charge in [-0.05, 0) is 54.9 Å². The zero-order valence-electron chi connectivity index (χ0n) is 24.2. The van der Waals surface area contributed by atoms with Crippen molar-refractivity contribution in [2.45, 2.75) is 37.5 Å². The van der Waals surface area contributed by atoms with Crippen molar-refractivity contribution in [3.05, 3.63) is 53.2 Å². The van der Waals surface area contributed by atoms with Gasteiger partial charge in [0.2, 0.25) is 5.75 Å². The monoisotopic (exact) mass is 582 g/mol. The number of carbonyl (C=O) groups excluding carboxylic acids is 2. The van der Waals surface area contributed by atoms with Crippen molar-refractivity contribution < 1.29 is 43.9 Å². The maximum atomic E-state index is 13.3. The molecule has 6 rings (SSSR count). The van der Waals surface area contributed by atoms with E-state index in [0.29, 0.717) is 30.1 Å². The molecule has 42 heavy (non-hydrogen) atoms. The summed E-state index contributed by atoms with van der Waals surface area (Å²) in [6, 6.07) is 11.5. The SMILES string of the molecule is COC(=O)[C@@H]1[C@@H](O)[C@H](OC(=O)c2cc(OC)c(OC)c(OC)c2)C[C@@H]2CN3CCc4c([nH]c5ccccc45)[C@H]3C[C@@H]21.O. The number of fused-ring (bicyclic) bond motifs is 6. The molecule has 11 nitrogen and oxygen atoms in total. The molecule has 1 saturated heterocycles. The predicted molar refractivity (Wildman–Crippen MR) is 153 cm³/mol. The molecule has 0 radical (unpaired) electrons. The molecule has 3 heterocycles. The number of nitrogens with one attached hydrogen (secondary N) is 1. The molecule has 1 aromatic heterocycles. The molecule has 0 spiro atoms. The van der Waals surface area contributed by atoms with E-state index in [1.54, 1.807) is 0 Å². The lowest BCUT2D eigenvalue weighted by Gasteiger charge is -2.52. The van der Waals surface area contributed by atoms with Crippen molar-refractivity contribution in [3.8, 4) is 17.2 Å². The van der Waals surface area contributed by atoms with Gasteiger partial charge < -0.3 is 39.3 Å². The second-order valence-corrected chi connectivity index (χ2v) is 11.1. The molecule has 11 heteroatoms. The van der Waals surface area contributed by atoms with Gasteiger partial charge in [0.25, 0.3) is 0 Å². The fourth-order valence-electron chi connectivity index (χ4n) is 7.32. The lowest BCUT2D eigenvalue weighted by Crippen LogP contribution is -2.58. The zero-order valence-corrected chi connectivity index (χ0v) is 24.2. The van der Waals surface area contributed by atoms with Crippen LogP contribution in [0.5, 0.6) is 17.2 Å². The van der Waals surface area contributed by atoms with Crippen molar-refractivity contribution in [2.75, 3.05) is 41.5 Å². The minimum atomic E-state index is -1.20. The van der Waals surface area contributed by atoms with Gasteiger partial charge in [0.1, 0.15) is 12.2 Å². The summed E-state index contributed by atoms with van der Waals surface area (Å²) in [5, 5.41) is 12.7. The van der Waals surface area contributed by atoms with Gasteiger partial charge >= 0.3 is 11.9 Å². The molecule has 0 bridgehead atoms. The van der Waals surface area contributed by atoms with E-state index < -0.39 is 30.1 Å². The maximum absolute atomic E-state index is 13.3. The van der Waals surface area contributed by atoms with Crippen LogP contribution in [-0.2, 0) is 20.7 Å². The van der Waals surface area contributed by atoms with Crippen LogP contribution in [0.3, 0.4) is 0 Å². The molecule has 0 unspecified atom stereocenters. The average Bonchev–Trinajstić information content (AvgIpc) is 3.38. The number of aliphatic hydroxyl groups excluding tert-OH is 1. The Morgan fingerprint density at radius 2 is 1.71 bits per heavy atom. The molecular formula is C31H38N2O9.